The summed E-state index contributed by atoms with van der Waals surface area (Å²) < 4.78 is 2.32. The Morgan fingerprint density at radius 1 is 1.11 bits per heavy atom. The van der Waals surface area contributed by atoms with Crippen molar-refractivity contribution in [2.24, 2.45) is 0 Å². The third kappa shape index (κ3) is 2.13. The van der Waals surface area contributed by atoms with Gasteiger partial charge in [-0.2, -0.15) is 0 Å². The van der Waals surface area contributed by atoms with Gasteiger partial charge in [0.15, 0.2) is 0 Å². The quantitative estimate of drug-likeness (QED) is 0.801. The molecule has 1 saturated heterocycles. The SMILES string of the molecule is Cc1nc2ccccc2n1CN1CCN(C)CC1. The number of aromatic nitrogens is 2. The molecular formula is C14H20N4. The second-order valence-corrected chi connectivity index (χ2v) is 5.14. The topological polar surface area (TPSA) is 24.3 Å². The smallest absolute Gasteiger partial charge is 0.107 e. The summed E-state index contributed by atoms with van der Waals surface area (Å²) in [5.74, 6) is 1.11. The number of fused-ring (bicyclic) bond motifs is 1. The molecule has 0 unspecified atom stereocenters. The highest BCUT2D eigenvalue weighted by Gasteiger charge is 2.15. The average molecular weight is 244 g/mol. The summed E-state index contributed by atoms with van der Waals surface area (Å²) in [6, 6.07) is 8.38. The fourth-order valence-electron chi connectivity index (χ4n) is 2.56. The number of para-hydroxylation sites is 2. The minimum atomic E-state index is 0.959. The zero-order valence-corrected chi connectivity index (χ0v) is 11.1. The Kier molecular flexibility index (Phi) is 3.06. The maximum atomic E-state index is 4.62. The fraction of sp³-hybridized carbons (Fsp3) is 0.500. The van der Waals surface area contributed by atoms with E-state index in [9.17, 15) is 0 Å². The summed E-state index contributed by atoms with van der Waals surface area (Å²) in [7, 11) is 2.19. The van der Waals surface area contributed by atoms with Crippen molar-refractivity contribution in [3.8, 4) is 0 Å². The van der Waals surface area contributed by atoms with Crippen molar-refractivity contribution >= 4 is 11.0 Å². The molecule has 96 valence electrons. The molecule has 0 radical (unpaired) electrons. The van der Waals surface area contributed by atoms with Crippen LogP contribution < -0.4 is 0 Å². The van der Waals surface area contributed by atoms with Gasteiger partial charge >= 0.3 is 0 Å². The number of likely N-dealkylation sites (N-methyl/N-ethyl adjacent to an activating group) is 1. The maximum Gasteiger partial charge on any atom is 0.107 e. The van der Waals surface area contributed by atoms with Gasteiger partial charge in [0.05, 0.1) is 17.7 Å². The van der Waals surface area contributed by atoms with Crippen LogP contribution in [0.4, 0.5) is 0 Å². The molecule has 0 spiro atoms. The number of aryl methyl sites for hydroxylation is 1. The standard InChI is InChI=1S/C14H20N4/c1-12-15-13-5-3-4-6-14(13)18(12)11-17-9-7-16(2)8-10-17/h3-6H,7-11H2,1-2H3. The van der Waals surface area contributed by atoms with Gasteiger partial charge in [-0.05, 0) is 26.1 Å². The number of piperazine rings is 1. The first kappa shape index (κ1) is 11.7. The van der Waals surface area contributed by atoms with Crippen molar-refractivity contribution in [3.63, 3.8) is 0 Å². The second-order valence-electron chi connectivity index (χ2n) is 5.14. The molecule has 1 fully saturated rings. The molecule has 0 aliphatic carbocycles. The Balaban J connectivity index is 1.84. The first-order valence-electron chi connectivity index (χ1n) is 6.57. The van der Waals surface area contributed by atoms with E-state index in [1.165, 1.54) is 5.52 Å². The average Bonchev–Trinajstić information content (AvgIpc) is 2.69. The monoisotopic (exact) mass is 244 g/mol. The van der Waals surface area contributed by atoms with Crippen LogP contribution in [0.25, 0.3) is 11.0 Å². The number of nitrogens with zero attached hydrogens (tertiary/aromatic N) is 4. The first-order valence-corrected chi connectivity index (χ1v) is 6.57. The van der Waals surface area contributed by atoms with Crippen molar-refractivity contribution in [3.05, 3.63) is 30.1 Å². The van der Waals surface area contributed by atoms with Gasteiger partial charge in [-0.15, -0.1) is 0 Å². The number of imidazole rings is 1. The van der Waals surface area contributed by atoms with E-state index in [0.717, 1.165) is 44.2 Å². The zero-order chi connectivity index (χ0) is 12.5. The first-order chi connectivity index (χ1) is 8.74. The van der Waals surface area contributed by atoms with Crippen molar-refractivity contribution < 1.29 is 0 Å². The van der Waals surface area contributed by atoms with Gasteiger partial charge in [-0.1, -0.05) is 12.1 Å². The van der Waals surface area contributed by atoms with Crippen LogP contribution in [-0.2, 0) is 6.67 Å². The van der Waals surface area contributed by atoms with Crippen LogP contribution in [0.5, 0.6) is 0 Å². The predicted molar refractivity (Wildman–Crippen MR) is 73.5 cm³/mol. The zero-order valence-electron chi connectivity index (χ0n) is 11.1. The van der Waals surface area contributed by atoms with Crippen LogP contribution in [-0.4, -0.2) is 52.6 Å². The molecule has 0 saturated carbocycles. The molecule has 2 heterocycles. The normalized spacial score (nSPS) is 18.6. The van der Waals surface area contributed by atoms with Gasteiger partial charge in [-0.3, -0.25) is 4.90 Å². The molecule has 4 nitrogen and oxygen atoms in total. The minimum Gasteiger partial charge on any atom is -0.314 e. The van der Waals surface area contributed by atoms with Crippen molar-refractivity contribution in [1.29, 1.82) is 0 Å². The Morgan fingerprint density at radius 3 is 2.61 bits per heavy atom. The van der Waals surface area contributed by atoms with E-state index < -0.39 is 0 Å². The molecule has 0 amide bonds. The third-order valence-corrected chi connectivity index (χ3v) is 3.78. The van der Waals surface area contributed by atoms with E-state index in [1.807, 2.05) is 0 Å². The minimum absolute atomic E-state index is 0.959. The highest BCUT2D eigenvalue weighted by atomic mass is 15.3. The summed E-state index contributed by atoms with van der Waals surface area (Å²) in [6.07, 6.45) is 0. The molecule has 0 N–H and O–H groups in total. The number of hydrogen-bond donors (Lipinski definition) is 0. The summed E-state index contributed by atoms with van der Waals surface area (Å²) in [6.45, 7) is 7.65. The Morgan fingerprint density at radius 2 is 1.83 bits per heavy atom. The van der Waals surface area contributed by atoms with Gasteiger partial charge < -0.3 is 9.47 Å². The van der Waals surface area contributed by atoms with Crippen LogP contribution in [0.3, 0.4) is 0 Å². The Labute approximate surface area is 108 Å². The number of hydrogen-bond acceptors (Lipinski definition) is 3. The molecule has 0 bridgehead atoms. The van der Waals surface area contributed by atoms with Gasteiger partial charge in [0.25, 0.3) is 0 Å². The van der Waals surface area contributed by atoms with Gasteiger partial charge in [0.2, 0.25) is 0 Å². The summed E-state index contributed by atoms with van der Waals surface area (Å²) >= 11 is 0. The highest BCUT2D eigenvalue weighted by molar-refractivity contribution is 5.75. The Hall–Kier alpha value is -1.39. The molecule has 1 aromatic heterocycles. The molecule has 1 aliphatic heterocycles. The number of rotatable bonds is 2. The molecule has 4 heteroatoms. The maximum absolute atomic E-state index is 4.62. The lowest BCUT2D eigenvalue weighted by Crippen LogP contribution is -2.44. The van der Waals surface area contributed by atoms with E-state index in [2.05, 4.69) is 57.6 Å². The summed E-state index contributed by atoms with van der Waals surface area (Å²) in [5.41, 5.74) is 2.35. The largest absolute Gasteiger partial charge is 0.314 e. The molecule has 18 heavy (non-hydrogen) atoms. The van der Waals surface area contributed by atoms with Gasteiger partial charge in [0, 0.05) is 26.2 Å². The van der Waals surface area contributed by atoms with Crippen molar-refractivity contribution in [2.45, 2.75) is 13.6 Å². The molecule has 0 atom stereocenters. The van der Waals surface area contributed by atoms with Crippen molar-refractivity contribution in [2.75, 3.05) is 33.2 Å². The summed E-state index contributed by atoms with van der Waals surface area (Å²) in [4.78, 5) is 9.50. The van der Waals surface area contributed by atoms with E-state index in [4.69, 9.17) is 0 Å². The molecule has 3 rings (SSSR count). The van der Waals surface area contributed by atoms with Crippen LogP contribution >= 0.6 is 0 Å². The van der Waals surface area contributed by atoms with Crippen molar-refractivity contribution in [1.82, 2.24) is 19.4 Å². The fourth-order valence-corrected chi connectivity index (χ4v) is 2.56. The number of benzene rings is 1. The Bertz CT molecular complexity index is 538. The lowest BCUT2D eigenvalue weighted by Gasteiger charge is -2.32. The van der Waals surface area contributed by atoms with Crippen LogP contribution in [0.1, 0.15) is 5.82 Å². The second kappa shape index (κ2) is 4.71. The molecule has 1 aliphatic rings. The molecule has 1 aromatic carbocycles. The van der Waals surface area contributed by atoms with Crippen LogP contribution in [0.2, 0.25) is 0 Å². The summed E-state index contributed by atoms with van der Waals surface area (Å²) in [5, 5.41) is 0. The van der Waals surface area contributed by atoms with E-state index in [-0.39, 0.29) is 0 Å². The third-order valence-electron chi connectivity index (χ3n) is 3.78. The van der Waals surface area contributed by atoms with Crippen LogP contribution in [0.15, 0.2) is 24.3 Å². The lowest BCUT2D eigenvalue weighted by molar-refractivity contribution is 0.125. The van der Waals surface area contributed by atoms with E-state index in [1.54, 1.807) is 0 Å². The predicted octanol–water partition coefficient (Wildman–Crippen LogP) is 1.55. The highest BCUT2D eigenvalue weighted by Crippen LogP contribution is 2.16. The van der Waals surface area contributed by atoms with Crippen LogP contribution in [0, 0.1) is 6.92 Å². The van der Waals surface area contributed by atoms with E-state index >= 15 is 0 Å². The lowest BCUT2D eigenvalue weighted by atomic mass is 10.3. The van der Waals surface area contributed by atoms with Gasteiger partial charge in [-0.25, -0.2) is 4.98 Å². The molecule has 2 aromatic rings. The van der Waals surface area contributed by atoms with Gasteiger partial charge in [0.1, 0.15) is 5.82 Å². The van der Waals surface area contributed by atoms with E-state index in [0.29, 0.717) is 0 Å². The molecular weight excluding hydrogens is 224 g/mol.